The van der Waals surface area contributed by atoms with E-state index in [1.165, 1.54) is 9.13 Å². The summed E-state index contributed by atoms with van der Waals surface area (Å²) in [5, 5.41) is 0. The lowest BCUT2D eigenvalue weighted by Gasteiger charge is -2.30. The highest BCUT2D eigenvalue weighted by molar-refractivity contribution is 5.78. The fourth-order valence-corrected chi connectivity index (χ4v) is 3.88. The van der Waals surface area contributed by atoms with Crippen LogP contribution in [0.3, 0.4) is 0 Å². The third-order valence-corrected chi connectivity index (χ3v) is 5.36. The highest BCUT2D eigenvalue weighted by atomic mass is 16.5. The van der Waals surface area contributed by atoms with E-state index in [2.05, 4.69) is 4.90 Å². The third-order valence-electron chi connectivity index (χ3n) is 5.36. The largest absolute Gasteiger partial charge is 0.495 e. The van der Waals surface area contributed by atoms with E-state index < -0.39 is 5.69 Å². The molecule has 4 rings (SSSR count). The number of hydrogen-bond donors (Lipinski definition) is 0. The highest BCUT2D eigenvalue weighted by Crippen LogP contribution is 2.37. The van der Waals surface area contributed by atoms with Crippen LogP contribution in [-0.4, -0.2) is 46.1 Å². The van der Waals surface area contributed by atoms with Crippen molar-refractivity contribution in [3.63, 3.8) is 0 Å². The van der Waals surface area contributed by atoms with Crippen molar-refractivity contribution in [2.24, 2.45) is 7.05 Å². The quantitative estimate of drug-likeness (QED) is 0.645. The summed E-state index contributed by atoms with van der Waals surface area (Å²) in [6.45, 7) is 3.92. The van der Waals surface area contributed by atoms with Crippen molar-refractivity contribution in [2.45, 2.75) is 26.4 Å². The molecule has 0 spiro atoms. The fourth-order valence-electron chi connectivity index (χ4n) is 3.88. The Balaban J connectivity index is 1.97. The van der Waals surface area contributed by atoms with Gasteiger partial charge in [0.15, 0.2) is 11.2 Å². The number of methoxy groups -OCH3 is 2. The van der Waals surface area contributed by atoms with Gasteiger partial charge in [0, 0.05) is 27.2 Å². The third kappa shape index (κ3) is 3.02. The molecule has 3 aromatic rings. The molecule has 2 aromatic heterocycles. The molecular formula is C20H25N5O4. The monoisotopic (exact) mass is 399 g/mol. The number of aryl methyl sites for hydroxylation is 3. The first-order valence-corrected chi connectivity index (χ1v) is 9.59. The fraction of sp³-hybridized carbons (Fsp3) is 0.450. The number of nitrogens with zero attached hydrogens (tertiary/aromatic N) is 5. The van der Waals surface area contributed by atoms with Crippen LogP contribution in [0.2, 0.25) is 0 Å². The van der Waals surface area contributed by atoms with E-state index in [0.29, 0.717) is 23.7 Å². The maximum atomic E-state index is 13.2. The van der Waals surface area contributed by atoms with Crippen LogP contribution in [0, 0.1) is 6.92 Å². The lowest BCUT2D eigenvalue weighted by molar-refractivity contribution is 0.184. The van der Waals surface area contributed by atoms with Crippen molar-refractivity contribution in [1.82, 2.24) is 18.7 Å². The van der Waals surface area contributed by atoms with Gasteiger partial charge < -0.3 is 18.9 Å². The second-order valence-corrected chi connectivity index (χ2v) is 7.21. The minimum Gasteiger partial charge on any atom is -0.495 e. The first-order valence-electron chi connectivity index (χ1n) is 9.59. The zero-order chi connectivity index (χ0) is 20.7. The van der Waals surface area contributed by atoms with Crippen molar-refractivity contribution in [3.8, 4) is 5.75 Å². The number of anilines is 2. The molecular weight excluding hydrogens is 374 g/mol. The molecule has 0 saturated heterocycles. The van der Waals surface area contributed by atoms with Gasteiger partial charge in [-0.1, -0.05) is 6.07 Å². The number of ether oxygens (including phenoxy) is 2. The average molecular weight is 399 g/mol. The zero-order valence-electron chi connectivity index (χ0n) is 17.1. The zero-order valence-corrected chi connectivity index (χ0v) is 17.1. The van der Waals surface area contributed by atoms with Crippen LogP contribution in [0.5, 0.6) is 5.75 Å². The van der Waals surface area contributed by atoms with Crippen LogP contribution in [0.4, 0.5) is 11.6 Å². The Morgan fingerprint density at radius 3 is 2.69 bits per heavy atom. The minimum absolute atomic E-state index is 0.202. The number of aromatic nitrogens is 4. The van der Waals surface area contributed by atoms with E-state index in [1.807, 2.05) is 29.7 Å². The summed E-state index contributed by atoms with van der Waals surface area (Å²) < 4.78 is 15.2. The van der Waals surface area contributed by atoms with Gasteiger partial charge in [-0.05, 0) is 31.0 Å². The summed E-state index contributed by atoms with van der Waals surface area (Å²) in [5.41, 5.74) is 2.10. The molecule has 0 N–H and O–H groups in total. The minimum atomic E-state index is -0.394. The second kappa shape index (κ2) is 7.40. The number of benzene rings is 1. The number of rotatable bonds is 5. The molecule has 0 amide bonds. The Hall–Kier alpha value is -3.07. The standard InChI is InChI=1S/C20H25N5O4/c1-13-6-7-15(29-4)14(12-13)23-8-5-9-24-16-17(21-19(23)24)22(2)20(27)25(18(16)26)10-11-28-3/h6-7,12H,5,8-11H2,1-4H3. The van der Waals surface area contributed by atoms with E-state index in [-0.39, 0.29) is 18.7 Å². The molecule has 0 atom stereocenters. The SMILES string of the molecule is COCCn1c(=O)c2c(nc3n2CCCN3c2cc(C)ccc2OC)n(C)c1=O. The van der Waals surface area contributed by atoms with Crippen LogP contribution in [0.25, 0.3) is 11.2 Å². The molecule has 9 nitrogen and oxygen atoms in total. The Morgan fingerprint density at radius 1 is 1.17 bits per heavy atom. The Bertz CT molecular complexity index is 1190. The highest BCUT2D eigenvalue weighted by Gasteiger charge is 2.28. The van der Waals surface area contributed by atoms with Gasteiger partial charge in [-0.15, -0.1) is 0 Å². The van der Waals surface area contributed by atoms with Gasteiger partial charge >= 0.3 is 5.69 Å². The molecule has 0 bridgehead atoms. The van der Waals surface area contributed by atoms with Crippen LogP contribution >= 0.6 is 0 Å². The molecule has 1 aliphatic rings. The summed E-state index contributed by atoms with van der Waals surface area (Å²) in [6, 6.07) is 5.97. The van der Waals surface area contributed by atoms with Crippen molar-refractivity contribution in [2.75, 3.05) is 32.3 Å². The average Bonchev–Trinajstić information content (AvgIpc) is 3.12. The van der Waals surface area contributed by atoms with Crippen LogP contribution in [0.15, 0.2) is 27.8 Å². The molecule has 3 heterocycles. The topological polar surface area (TPSA) is 83.5 Å². The van der Waals surface area contributed by atoms with Gasteiger partial charge in [-0.25, -0.2) is 4.79 Å². The second-order valence-electron chi connectivity index (χ2n) is 7.21. The maximum Gasteiger partial charge on any atom is 0.332 e. The molecule has 9 heteroatoms. The molecule has 0 radical (unpaired) electrons. The molecule has 0 fully saturated rings. The van der Waals surface area contributed by atoms with E-state index in [1.54, 1.807) is 21.3 Å². The van der Waals surface area contributed by atoms with Crippen molar-refractivity contribution in [3.05, 3.63) is 44.6 Å². The summed E-state index contributed by atoms with van der Waals surface area (Å²) in [4.78, 5) is 32.6. The van der Waals surface area contributed by atoms with Crippen LogP contribution < -0.4 is 20.9 Å². The number of hydrogen-bond acceptors (Lipinski definition) is 6. The normalized spacial score (nSPS) is 13.7. The predicted octanol–water partition coefficient (Wildman–Crippen LogP) is 1.40. The Morgan fingerprint density at radius 2 is 1.97 bits per heavy atom. The van der Waals surface area contributed by atoms with E-state index >= 15 is 0 Å². The molecule has 154 valence electrons. The Kier molecular flexibility index (Phi) is 4.91. The molecule has 0 unspecified atom stereocenters. The van der Waals surface area contributed by atoms with Gasteiger partial charge in [0.05, 0.1) is 25.9 Å². The molecule has 0 saturated carbocycles. The van der Waals surface area contributed by atoms with E-state index in [4.69, 9.17) is 14.5 Å². The van der Waals surface area contributed by atoms with E-state index in [0.717, 1.165) is 30.0 Å². The van der Waals surface area contributed by atoms with Crippen molar-refractivity contribution in [1.29, 1.82) is 0 Å². The van der Waals surface area contributed by atoms with Gasteiger partial charge in [-0.3, -0.25) is 13.9 Å². The van der Waals surface area contributed by atoms with Gasteiger partial charge in [0.1, 0.15) is 5.75 Å². The van der Waals surface area contributed by atoms with Crippen molar-refractivity contribution >= 4 is 22.8 Å². The van der Waals surface area contributed by atoms with Gasteiger partial charge in [-0.2, -0.15) is 4.98 Å². The summed E-state index contributed by atoms with van der Waals surface area (Å²) in [7, 11) is 4.82. The first kappa shape index (κ1) is 19.3. The molecule has 1 aromatic carbocycles. The van der Waals surface area contributed by atoms with Gasteiger partial charge in [0.25, 0.3) is 5.56 Å². The number of fused-ring (bicyclic) bond motifs is 3. The van der Waals surface area contributed by atoms with Crippen LogP contribution in [-0.2, 0) is 24.9 Å². The molecule has 29 heavy (non-hydrogen) atoms. The molecule has 1 aliphatic heterocycles. The molecule has 0 aliphatic carbocycles. The smallest absolute Gasteiger partial charge is 0.332 e. The van der Waals surface area contributed by atoms with E-state index in [9.17, 15) is 9.59 Å². The summed E-state index contributed by atoms with van der Waals surface area (Å²) >= 11 is 0. The predicted molar refractivity (Wildman–Crippen MR) is 110 cm³/mol. The van der Waals surface area contributed by atoms with Crippen LogP contribution in [0.1, 0.15) is 12.0 Å². The first-order chi connectivity index (χ1) is 14.0. The lowest BCUT2D eigenvalue weighted by Crippen LogP contribution is -2.40. The summed E-state index contributed by atoms with van der Waals surface area (Å²) in [6.07, 6.45) is 0.843. The van der Waals surface area contributed by atoms with Crippen molar-refractivity contribution < 1.29 is 9.47 Å². The Labute approximate surface area is 167 Å². The maximum absolute atomic E-state index is 13.2. The van der Waals surface area contributed by atoms with Gasteiger partial charge in [0.2, 0.25) is 5.95 Å². The lowest BCUT2D eigenvalue weighted by atomic mass is 10.1. The summed E-state index contributed by atoms with van der Waals surface area (Å²) in [5.74, 6) is 1.38. The number of imidazole rings is 1.